The van der Waals surface area contributed by atoms with Gasteiger partial charge in [-0.25, -0.2) is 0 Å². The molecule has 0 bridgehead atoms. The third-order valence-corrected chi connectivity index (χ3v) is 3.59. The van der Waals surface area contributed by atoms with E-state index >= 15 is 0 Å². The number of halogens is 1. The summed E-state index contributed by atoms with van der Waals surface area (Å²) in [7, 11) is 3.17. The topological polar surface area (TPSA) is 70.5 Å². The zero-order valence-corrected chi connectivity index (χ0v) is 11.9. The minimum atomic E-state index is 0.249. The summed E-state index contributed by atoms with van der Waals surface area (Å²) >= 11 is 3.52. The molecule has 6 heteroatoms. The first-order valence-corrected chi connectivity index (χ1v) is 6.01. The van der Waals surface area contributed by atoms with Gasteiger partial charge in [0.15, 0.2) is 11.5 Å². The highest BCUT2D eigenvalue weighted by Gasteiger charge is 2.20. The van der Waals surface area contributed by atoms with Crippen LogP contribution in [0.2, 0.25) is 0 Å². The van der Waals surface area contributed by atoms with Crippen molar-refractivity contribution in [2.45, 2.75) is 6.92 Å². The van der Waals surface area contributed by atoms with Crippen molar-refractivity contribution in [2.24, 2.45) is 0 Å². The van der Waals surface area contributed by atoms with Crippen LogP contribution in [0.1, 0.15) is 5.56 Å². The van der Waals surface area contributed by atoms with E-state index in [0.29, 0.717) is 17.2 Å². The van der Waals surface area contributed by atoms with Gasteiger partial charge in [-0.3, -0.25) is 0 Å². The Morgan fingerprint density at radius 2 is 2.00 bits per heavy atom. The van der Waals surface area contributed by atoms with Crippen molar-refractivity contribution >= 4 is 21.8 Å². The summed E-state index contributed by atoms with van der Waals surface area (Å²) in [4.78, 5) is 0. The predicted octanol–water partition coefficient (Wildman–Crippen LogP) is 3.01. The molecule has 0 fully saturated rings. The minimum absolute atomic E-state index is 0.249. The predicted molar refractivity (Wildman–Crippen MR) is 71.9 cm³/mol. The van der Waals surface area contributed by atoms with Crippen LogP contribution >= 0.6 is 15.9 Å². The fraction of sp³-hybridized carbons (Fsp3) is 0.250. The molecule has 0 saturated heterocycles. The maximum atomic E-state index is 5.55. The van der Waals surface area contributed by atoms with E-state index in [0.717, 1.165) is 15.6 Å². The molecule has 1 aromatic carbocycles. The Hall–Kier alpha value is -1.69. The molecular formula is C12H13BrN2O3. The summed E-state index contributed by atoms with van der Waals surface area (Å²) in [6, 6.07) is 3.53. The van der Waals surface area contributed by atoms with Gasteiger partial charge in [-0.15, -0.1) is 0 Å². The molecule has 0 saturated carbocycles. The molecule has 0 aliphatic carbocycles. The third-order valence-electron chi connectivity index (χ3n) is 2.57. The number of nitrogens with two attached hydrogens (primary N) is 1. The molecule has 0 spiro atoms. The van der Waals surface area contributed by atoms with Crippen molar-refractivity contribution in [3.8, 4) is 22.8 Å². The van der Waals surface area contributed by atoms with Crippen molar-refractivity contribution in [3.05, 3.63) is 22.2 Å². The Kier molecular flexibility index (Phi) is 3.47. The lowest BCUT2D eigenvalue weighted by Crippen LogP contribution is -1.96. The van der Waals surface area contributed by atoms with E-state index in [4.69, 9.17) is 19.7 Å². The zero-order chi connectivity index (χ0) is 13.3. The van der Waals surface area contributed by atoms with Crippen LogP contribution in [0, 0.1) is 6.92 Å². The molecule has 5 nitrogen and oxygen atoms in total. The normalized spacial score (nSPS) is 10.4. The summed E-state index contributed by atoms with van der Waals surface area (Å²) in [5.41, 5.74) is 7.91. The first kappa shape index (κ1) is 12.8. The Labute approximate surface area is 113 Å². The van der Waals surface area contributed by atoms with Gasteiger partial charge in [0.05, 0.1) is 19.8 Å². The molecule has 96 valence electrons. The number of nitrogens with zero attached hydrogens (tertiary/aromatic N) is 1. The average Bonchev–Trinajstić information content (AvgIpc) is 2.78. The molecule has 0 atom stereocenters. The molecule has 0 radical (unpaired) electrons. The number of ether oxygens (including phenoxy) is 2. The van der Waals surface area contributed by atoms with Gasteiger partial charge in [0.2, 0.25) is 5.88 Å². The van der Waals surface area contributed by atoms with Crippen LogP contribution in [-0.4, -0.2) is 19.4 Å². The summed E-state index contributed by atoms with van der Waals surface area (Å²) < 4.78 is 16.5. The van der Waals surface area contributed by atoms with Crippen molar-refractivity contribution in [2.75, 3.05) is 20.0 Å². The summed E-state index contributed by atoms with van der Waals surface area (Å²) in [5, 5.41) is 3.91. The largest absolute Gasteiger partial charge is 0.493 e. The van der Waals surface area contributed by atoms with Gasteiger partial charge < -0.3 is 19.7 Å². The maximum Gasteiger partial charge on any atom is 0.222 e. The smallest absolute Gasteiger partial charge is 0.222 e. The van der Waals surface area contributed by atoms with Crippen LogP contribution in [0.3, 0.4) is 0 Å². The SMILES string of the molecule is COc1cc(C)c(Br)c(-c2cc(N)on2)c1OC. The molecule has 18 heavy (non-hydrogen) atoms. The fourth-order valence-electron chi connectivity index (χ4n) is 1.74. The maximum absolute atomic E-state index is 5.55. The molecule has 1 heterocycles. The van der Waals surface area contributed by atoms with Crippen molar-refractivity contribution in [1.82, 2.24) is 5.16 Å². The molecule has 2 aromatic rings. The molecule has 1 aromatic heterocycles. The van der Waals surface area contributed by atoms with Crippen LogP contribution in [0.25, 0.3) is 11.3 Å². The number of hydrogen-bond acceptors (Lipinski definition) is 5. The van der Waals surface area contributed by atoms with Gasteiger partial charge in [0.1, 0.15) is 5.69 Å². The number of benzene rings is 1. The van der Waals surface area contributed by atoms with Gasteiger partial charge in [0, 0.05) is 10.5 Å². The number of nitrogen functional groups attached to an aromatic ring is 1. The molecule has 0 unspecified atom stereocenters. The van der Waals surface area contributed by atoms with Gasteiger partial charge in [-0.2, -0.15) is 0 Å². The van der Waals surface area contributed by atoms with E-state index in [1.807, 2.05) is 13.0 Å². The Bertz CT molecular complexity index is 581. The van der Waals surface area contributed by atoms with E-state index in [1.54, 1.807) is 20.3 Å². The van der Waals surface area contributed by atoms with Crippen LogP contribution in [0.15, 0.2) is 21.1 Å². The quantitative estimate of drug-likeness (QED) is 0.943. The average molecular weight is 313 g/mol. The summed E-state index contributed by atoms with van der Waals surface area (Å²) in [6.07, 6.45) is 0. The Morgan fingerprint density at radius 3 is 2.50 bits per heavy atom. The van der Waals surface area contributed by atoms with Crippen LogP contribution < -0.4 is 15.2 Å². The fourth-order valence-corrected chi connectivity index (χ4v) is 2.23. The standard InChI is InChI=1S/C12H13BrN2O3/c1-6-4-8(16-2)12(17-3)10(11(6)13)7-5-9(14)18-15-7/h4-5H,14H2,1-3H3. The molecule has 0 aliphatic heterocycles. The highest BCUT2D eigenvalue weighted by atomic mass is 79.9. The van der Waals surface area contributed by atoms with Gasteiger partial charge in [0.25, 0.3) is 0 Å². The van der Waals surface area contributed by atoms with Crippen LogP contribution in [0.4, 0.5) is 5.88 Å². The Balaban J connectivity index is 2.74. The van der Waals surface area contributed by atoms with E-state index in [9.17, 15) is 0 Å². The number of methoxy groups -OCH3 is 2. The second-order valence-corrected chi connectivity index (χ2v) is 4.53. The summed E-state index contributed by atoms with van der Waals surface area (Å²) in [5.74, 6) is 1.47. The highest BCUT2D eigenvalue weighted by molar-refractivity contribution is 9.10. The van der Waals surface area contributed by atoms with E-state index in [2.05, 4.69) is 21.1 Å². The molecule has 0 aliphatic rings. The molecule has 2 rings (SSSR count). The lowest BCUT2D eigenvalue weighted by molar-refractivity contribution is 0.355. The number of hydrogen-bond donors (Lipinski definition) is 1. The lowest BCUT2D eigenvalue weighted by Gasteiger charge is -2.14. The van der Waals surface area contributed by atoms with E-state index in [1.165, 1.54) is 0 Å². The van der Waals surface area contributed by atoms with Crippen molar-refractivity contribution in [1.29, 1.82) is 0 Å². The highest BCUT2D eigenvalue weighted by Crippen LogP contribution is 2.44. The monoisotopic (exact) mass is 312 g/mol. The lowest BCUT2D eigenvalue weighted by atomic mass is 10.1. The van der Waals surface area contributed by atoms with Crippen LogP contribution in [0.5, 0.6) is 11.5 Å². The van der Waals surface area contributed by atoms with E-state index < -0.39 is 0 Å². The molecule has 2 N–H and O–H groups in total. The summed E-state index contributed by atoms with van der Waals surface area (Å²) in [6.45, 7) is 1.96. The third kappa shape index (κ3) is 2.03. The first-order chi connectivity index (χ1) is 8.58. The molecular weight excluding hydrogens is 300 g/mol. The minimum Gasteiger partial charge on any atom is -0.493 e. The van der Waals surface area contributed by atoms with Gasteiger partial charge >= 0.3 is 0 Å². The number of rotatable bonds is 3. The number of anilines is 1. The van der Waals surface area contributed by atoms with E-state index in [-0.39, 0.29) is 5.88 Å². The second kappa shape index (κ2) is 4.89. The molecule has 0 amide bonds. The first-order valence-electron chi connectivity index (χ1n) is 5.22. The second-order valence-electron chi connectivity index (χ2n) is 3.73. The number of aryl methyl sites for hydroxylation is 1. The number of aromatic nitrogens is 1. The van der Waals surface area contributed by atoms with Gasteiger partial charge in [-0.1, -0.05) is 5.16 Å². The Morgan fingerprint density at radius 1 is 1.28 bits per heavy atom. The van der Waals surface area contributed by atoms with Crippen LogP contribution in [-0.2, 0) is 0 Å². The van der Waals surface area contributed by atoms with Crippen molar-refractivity contribution in [3.63, 3.8) is 0 Å². The zero-order valence-electron chi connectivity index (χ0n) is 10.3. The van der Waals surface area contributed by atoms with Gasteiger partial charge in [-0.05, 0) is 34.5 Å². The van der Waals surface area contributed by atoms with Crippen molar-refractivity contribution < 1.29 is 14.0 Å².